The molecular weight excluding hydrogens is 769 g/mol. The number of rotatable bonds is 6. The van der Waals surface area contributed by atoms with Gasteiger partial charge in [-0.05, 0) is 97.9 Å². The second-order valence-electron chi connectivity index (χ2n) is 15.4. The fraction of sp³-hybridized carbons (Fsp3) is 0.381. The number of anilines is 6. The first-order chi connectivity index (χ1) is 28.5. The summed E-state index contributed by atoms with van der Waals surface area (Å²) < 4.78 is 0. The lowest BCUT2D eigenvalue weighted by Crippen LogP contribution is -2.46. The number of amides is 6. The van der Waals surface area contributed by atoms with Gasteiger partial charge in [0.25, 0.3) is 0 Å². The average molecular weight is 821 g/mol. The minimum atomic E-state index is -0.720. The normalized spacial score (nSPS) is 18.6. The molecule has 0 saturated carbocycles. The molecule has 2 fully saturated rings. The topological polar surface area (TPSA) is 261 Å². The molecule has 0 radical (unpaired) electrons. The summed E-state index contributed by atoms with van der Waals surface area (Å²) in [6.45, 7) is 11.4. The van der Waals surface area contributed by atoms with Crippen molar-refractivity contribution in [1.82, 2.24) is 29.7 Å². The Bertz CT molecular complexity index is 2080. The predicted molar refractivity (Wildman–Crippen MR) is 227 cm³/mol. The van der Waals surface area contributed by atoms with Crippen molar-refractivity contribution in [2.75, 3.05) is 45.8 Å². The van der Waals surface area contributed by atoms with Gasteiger partial charge in [-0.15, -0.1) is 0 Å². The first kappa shape index (κ1) is 44.1. The quantitative estimate of drug-likeness (QED) is 0.147. The van der Waals surface area contributed by atoms with Crippen LogP contribution < -0.4 is 32.7 Å². The van der Waals surface area contributed by atoms with Crippen LogP contribution in [0.3, 0.4) is 0 Å². The van der Waals surface area contributed by atoms with Crippen LogP contribution in [0.5, 0.6) is 0 Å². The second kappa shape index (κ2) is 19.6. The van der Waals surface area contributed by atoms with Gasteiger partial charge in [0.2, 0.25) is 11.8 Å². The van der Waals surface area contributed by atoms with Crippen LogP contribution in [0.25, 0.3) is 0 Å². The number of likely N-dealkylation sites (tertiary alicyclic amines) is 2. The van der Waals surface area contributed by atoms with E-state index < -0.39 is 23.6 Å². The summed E-state index contributed by atoms with van der Waals surface area (Å²) in [6.07, 6.45) is 9.45. The Hall–Kier alpha value is -6.98. The predicted octanol–water partition coefficient (Wildman–Crippen LogP) is 4.53. The molecule has 60 heavy (non-hydrogen) atoms. The molecule has 6 rings (SSSR count). The van der Waals surface area contributed by atoms with Crippen LogP contribution in [-0.4, -0.2) is 78.3 Å². The van der Waals surface area contributed by atoms with E-state index in [0.29, 0.717) is 47.7 Å². The van der Waals surface area contributed by atoms with E-state index in [4.69, 9.17) is 11.5 Å². The molecule has 0 unspecified atom stereocenters. The van der Waals surface area contributed by atoms with Gasteiger partial charge in [-0.1, -0.05) is 26.0 Å². The van der Waals surface area contributed by atoms with Crippen LogP contribution in [0.4, 0.5) is 34.6 Å². The van der Waals surface area contributed by atoms with Crippen molar-refractivity contribution in [3.05, 3.63) is 83.4 Å². The third-order valence-corrected chi connectivity index (χ3v) is 10.2. The summed E-state index contributed by atoms with van der Waals surface area (Å²) >= 11 is 0. The lowest BCUT2D eigenvalue weighted by Gasteiger charge is -2.38. The first-order valence-corrected chi connectivity index (χ1v) is 19.6. The van der Waals surface area contributed by atoms with E-state index in [0.717, 1.165) is 47.9 Å². The Morgan fingerprint density at radius 2 is 0.950 bits per heavy atom. The van der Waals surface area contributed by atoms with Gasteiger partial charge in [-0.3, -0.25) is 28.8 Å². The highest BCUT2D eigenvalue weighted by Gasteiger charge is 2.36. The van der Waals surface area contributed by atoms with E-state index in [1.54, 1.807) is 60.3 Å². The van der Waals surface area contributed by atoms with Gasteiger partial charge >= 0.3 is 23.6 Å². The van der Waals surface area contributed by atoms with Gasteiger partial charge in [-0.2, -0.15) is 0 Å². The smallest absolute Gasteiger partial charge is 0.313 e. The SMILES string of the molecule is CC(=O)Nc1ccc([C@@H]2CC[C@@H](C)CN2C(=O)C(=O)Nc2cnc(N)c(C)c2)cn1.CC(=O)Nc1ccc([C@H]2CC[C@H](C)CN2C(=O)C(=O)Nc2cnc(N)c(C)c2)cn1. The van der Waals surface area contributed by atoms with Gasteiger partial charge in [0.1, 0.15) is 23.3 Å². The summed E-state index contributed by atoms with van der Waals surface area (Å²) in [5, 5.41) is 10.5. The third kappa shape index (κ3) is 11.6. The van der Waals surface area contributed by atoms with Gasteiger partial charge in [0.05, 0.1) is 35.9 Å². The molecule has 6 amide bonds. The summed E-state index contributed by atoms with van der Waals surface area (Å²) in [6, 6.07) is 9.87. The van der Waals surface area contributed by atoms with Crippen molar-refractivity contribution >= 4 is 70.1 Å². The molecule has 2 aliphatic heterocycles. The van der Waals surface area contributed by atoms with Crippen molar-refractivity contribution in [3.8, 4) is 0 Å². The van der Waals surface area contributed by atoms with Gasteiger partial charge in [0, 0.05) is 39.3 Å². The molecule has 0 aliphatic carbocycles. The van der Waals surface area contributed by atoms with E-state index in [1.807, 2.05) is 12.1 Å². The fourth-order valence-corrected chi connectivity index (χ4v) is 7.10. The van der Waals surface area contributed by atoms with E-state index in [2.05, 4.69) is 55.1 Å². The molecule has 18 nitrogen and oxygen atoms in total. The summed E-state index contributed by atoms with van der Waals surface area (Å²) in [7, 11) is 0. The molecule has 2 aliphatic rings. The molecule has 4 aromatic rings. The number of nitrogen functional groups attached to an aromatic ring is 2. The van der Waals surface area contributed by atoms with Gasteiger partial charge in [-0.25, -0.2) is 19.9 Å². The highest BCUT2D eigenvalue weighted by molar-refractivity contribution is 6.40. The maximum Gasteiger partial charge on any atom is 0.313 e. The number of pyridine rings is 4. The number of aryl methyl sites for hydroxylation is 2. The molecule has 4 aromatic heterocycles. The van der Waals surface area contributed by atoms with Crippen LogP contribution in [0.2, 0.25) is 0 Å². The van der Waals surface area contributed by atoms with E-state index >= 15 is 0 Å². The van der Waals surface area contributed by atoms with Crippen molar-refractivity contribution in [3.63, 3.8) is 0 Å². The monoisotopic (exact) mass is 820 g/mol. The molecule has 316 valence electrons. The Morgan fingerprint density at radius 3 is 1.27 bits per heavy atom. The van der Waals surface area contributed by atoms with Crippen LogP contribution in [0.15, 0.2) is 61.2 Å². The van der Waals surface area contributed by atoms with E-state index in [1.165, 1.54) is 26.2 Å². The van der Waals surface area contributed by atoms with Crippen molar-refractivity contribution < 1.29 is 28.8 Å². The largest absolute Gasteiger partial charge is 0.383 e. The molecule has 0 spiro atoms. The minimum absolute atomic E-state index is 0.206. The number of nitrogens with one attached hydrogen (secondary N) is 4. The van der Waals surface area contributed by atoms with Gasteiger partial charge < -0.3 is 42.5 Å². The molecule has 0 bridgehead atoms. The number of nitrogens with zero attached hydrogens (tertiary/aromatic N) is 6. The summed E-state index contributed by atoms with van der Waals surface area (Å²) in [5.41, 5.74) is 15.3. The molecule has 4 atom stereocenters. The first-order valence-electron chi connectivity index (χ1n) is 19.6. The van der Waals surface area contributed by atoms with Crippen LogP contribution in [-0.2, 0) is 28.8 Å². The molecule has 8 N–H and O–H groups in total. The fourth-order valence-electron chi connectivity index (χ4n) is 7.10. The Morgan fingerprint density at radius 1 is 0.567 bits per heavy atom. The average Bonchev–Trinajstić information content (AvgIpc) is 3.20. The van der Waals surface area contributed by atoms with Crippen LogP contribution >= 0.6 is 0 Å². The third-order valence-electron chi connectivity index (χ3n) is 10.2. The number of aromatic nitrogens is 4. The Labute approximate surface area is 348 Å². The summed E-state index contributed by atoms with van der Waals surface area (Å²) in [5.74, 6) is -0.863. The molecular formula is C42H52N12O6. The number of carbonyl (C=O) groups excluding carboxylic acids is 6. The lowest BCUT2D eigenvalue weighted by atomic mass is 9.90. The van der Waals surface area contributed by atoms with Crippen LogP contribution in [0, 0.1) is 25.7 Å². The summed E-state index contributed by atoms with van der Waals surface area (Å²) in [4.78, 5) is 93.3. The highest BCUT2D eigenvalue weighted by atomic mass is 16.2. The van der Waals surface area contributed by atoms with Crippen LogP contribution in [0.1, 0.15) is 87.7 Å². The Kier molecular flexibility index (Phi) is 14.4. The Balaban J connectivity index is 0.000000228. The number of carbonyl (C=O) groups is 6. The minimum Gasteiger partial charge on any atom is -0.383 e. The maximum absolute atomic E-state index is 13.0. The zero-order chi connectivity index (χ0) is 43.7. The molecule has 18 heteroatoms. The standard InChI is InChI=1S/2C21H26N6O3/c2*1-12-4-6-17(15-5-7-18(23-9-15)25-14(3)28)27(11-12)21(30)20(29)26-16-8-13(2)19(22)24-10-16/h2*5,7-10,12,17H,4,6,11H2,1-3H3,(H2,22,24)(H,26,29)(H,23,25,28)/t2*12-,17+/m10/s1. The molecule has 6 heterocycles. The number of piperidine rings is 2. The zero-order valence-electron chi connectivity index (χ0n) is 34.6. The van der Waals surface area contributed by atoms with Gasteiger partial charge in [0.15, 0.2) is 0 Å². The van der Waals surface area contributed by atoms with Crippen molar-refractivity contribution in [2.45, 2.75) is 79.3 Å². The zero-order valence-corrected chi connectivity index (χ0v) is 34.6. The van der Waals surface area contributed by atoms with E-state index in [9.17, 15) is 28.8 Å². The van der Waals surface area contributed by atoms with Crippen molar-refractivity contribution in [1.29, 1.82) is 0 Å². The second-order valence-corrected chi connectivity index (χ2v) is 15.4. The number of hydrogen-bond donors (Lipinski definition) is 6. The lowest BCUT2D eigenvalue weighted by molar-refractivity contribution is -0.146. The maximum atomic E-state index is 13.0. The number of nitrogens with two attached hydrogens (primary N) is 2. The highest BCUT2D eigenvalue weighted by Crippen LogP contribution is 2.35. The number of hydrogen-bond acceptors (Lipinski definition) is 12. The molecule has 2 saturated heterocycles. The van der Waals surface area contributed by atoms with Crippen molar-refractivity contribution in [2.24, 2.45) is 11.8 Å². The molecule has 0 aromatic carbocycles. The van der Waals surface area contributed by atoms with E-state index in [-0.39, 0.29) is 35.7 Å².